The molecular weight excluding hydrogens is 487 g/mol. The number of benzene rings is 1. The monoisotopic (exact) mass is 509 g/mol. The van der Waals surface area contributed by atoms with Crippen molar-refractivity contribution in [1.82, 2.24) is 20.4 Å². The van der Waals surface area contributed by atoms with E-state index in [1.165, 1.54) is 7.11 Å². The number of ether oxygens (including phenoxy) is 1. The molecule has 1 saturated heterocycles. The molecule has 0 aliphatic carbocycles. The molecule has 2 amide bonds. The van der Waals surface area contributed by atoms with Crippen LogP contribution in [0.1, 0.15) is 29.5 Å². The Morgan fingerprint density at radius 3 is 2.66 bits per heavy atom. The highest BCUT2D eigenvalue weighted by atomic mass is 35.5. The third kappa shape index (κ3) is 6.43. The molecule has 3 heterocycles. The van der Waals surface area contributed by atoms with E-state index < -0.39 is 11.9 Å². The topological polar surface area (TPSA) is 92.5 Å². The molecule has 0 radical (unpaired) electrons. The lowest BCUT2D eigenvalue weighted by atomic mass is 9.88. The Hall–Kier alpha value is -3.31. The van der Waals surface area contributed by atoms with Crippen LogP contribution in [0.4, 0.5) is 23.7 Å². The summed E-state index contributed by atoms with van der Waals surface area (Å²) in [5.41, 5.74) is 1.50. The van der Waals surface area contributed by atoms with Gasteiger partial charge in [-0.2, -0.15) is 13.2 Å². The summed E-state index contributed by atoms with van der Waals surface area (Å²) in [4.78, 5) is 19.1. The zero-order valence-corrected chi connectivity index (χ0v) is 19.4. The summed E-state index contributed by atoms with van der Waals surface area (Å²) in [5, 5.41) is 9.91. The molecule has 3 aromatic rings. The van der Waals surface area contributed by atoms with Crippen molar-refractivity contribution >= 4 is 23.3 Å². The van der Waals surface area contributed by atoms with Crippen molar-refractivity contribution in [3.05, 3.63) is 70.8 Å². The SMILES string of the molecule is COc1ccc([C@@H]2CN(Cc3cc(C(F)(F)F)on3)CC[C@H]2NC(=O)Nc2ccc(Cl)cc2)nc1. The lowest BCUT2D eigenvalue weighted by molar-refractivity contribution is -0.155. The Bertz CT molecular complexity index is 1140. The van der Waals surface area contributed by atoms with Gasteiger partial charge in [0.05, 0.1) is 19.0 Å². The summed E-state index contributed by atoms with van der Waals surface area (Å²) in [6.45, 7) is 1.15. The molecule has 0 bridgehead atoms. The molecule has 1 aliphatic heterocycles. The maximum atomic E-state index is 12.9. The Labute approximate surface area is 204 Å². The molecular formula is C23H23ClF3N5O3. The number of likely N-dealkylation sites (tertiary alicyclic amines) is 1. The van der Waals surface area contributed by atoms with Crippen molar-refractivity contribution in [2.75, 3.05) is 25.5 Å². The second kappa shape index (κ2) is 10.5. The number of aromatic nitrogens is 2. The highest BCUT2D eigenvalue weighted by Gasteiger charge is 2.37. The average molecular weight is 510 g/mol. The number of alkyl halides is 3. The standard InChI is InChI=1S/C23H23ClF3N5O3/c1-34-17-6-7-19(28-11-17)18-13-32(12-16-10-21(35-31-16)23(25,26)27)9-8-20(18)30-22(33)29-15-4-2-14(24)3-5-15/h2-7,10-11,18,20H,8-9,12-13H2,1H3,(H2,29,30,33)/t18-,20+/m0/s1. The Morgan fingerprint density at radius 1 is 1.26 bits per heavy atom. The first-order chi connectivity index (χ1) is 16.7. The van der Waals surface area contributed by atoms with E-state index in [0.29, 0.717) is 36.0 Å². The van der Waals surface area contributed by atoms with E-state index in [1.54, 1.807) is 36.5 Å². The number of nitrogens with zero attached hydrogens (tertiary/aromatic N) is 3. The van der Waals surface area contributed by atoms with E-state index in [9.17, 15) is 18.0 Å². The number of hydrogen-bond donors (Lipinski definition) is 2. The number of carbonyl (C=O) groups excluding carboxylic acids is 1. The zero-order chi connectivity index (χ0) is 25.0. The quantitative estimate of drug-likeness (QED) is 0.489. The fraction of sp³-hybridized carbons (Fsp3) is 0.348. The van der Waals surface area contributed by atoms with E-state index in [2.05, 4.69) is 25.3 Å². The molecule has 4 rings (SSSR count). The van der Waals surface area contributed by atoms with Gasteiger partial charge in [0, 0.05) is 54.1 Å². The molecule has 1 aromatic carbocycles. The van der Waals surface area contributed by atoms with Crippen LogP contribution in [0, 0.1) is 0 Å². The Morgan fingerprint density at radius 2 is 2.03 bits per heavy atom. The van der Waals surface area contributed by atoms with Crippen molar-refractivity contribution in [1.29, 1.82) is 0 Å². The van der Waals surface area contributed by atoms with Crippen molar-refractivity contribution < 1.29 is 27.2 Å². The van der Waals surface area contributed by atoms with Gasteiger partial charge in [-0.05, 0) is 42.8 Å². The second-order valence-electron chi connectivity index (χ2n) is 8.15. The number of anilines is 1. The molecule has 0 saturated carbocycles. The van der Waals surface area contributed by atoms with Gasteiger partial charge in [-0.1, -0.05) is 16.8 Å². The maximum absolute atomic E-state index is 12.9. The highest BCUT2D eigenvalue weighted by molar-refractivity contribution is 6.30. The number of hydrogen-bond acceptors (Lipinski definition) is 6. The van der Waals surface area contributed by atoms with Gasteiger partial charge in [0.2, 0.25) is 5.76 Å². The fourth-order valence-corrected chi connectivity index (χ4v) is 4.11. The summed E-state index contributed by atoms with van der Waals surface area (Å²) < 4.78 is 48.2. The summed E-state index contributed by atoms with van der Waals surface area (Å²) in [5.74, 6) is -0.760. The molecule has 186 valence electrons. The van der Waals surface area contributed by atoms with Crippen LogP contribution in [0.2, 0.25) is 5.02 Å². The van der Waals surface area contributed by atoms with Gasteiger partial charge in [-0.3, -0.25) is 9.88 Å². The van der Waals surface area contributed by atoms with Gasteiger partial charge in [-0.15, -0.1) is 0 Å². The van der Waals surface area contributed by atoms with Gasteiger partial charge in [-0.25, -0.2) is 4.79 Å². The van der Waals surface area contributed by atoms with E-state index in [4.69, 9.17) is 16.3 Å². The number of piperidine rings is 1. The largest absolute Gasteiger partial charge is 0.495 e. The summed E-state index contributed by atoms with van der Waals surface area (Å²) in [6, 6.07) is 10.6. The molecule has 12 heteroatoms. The smallest absolute Gasteiger partial charge is 0.452 e. The first kappa shape index (κ1) is 24.8. The van der Waals surface area contributed by atoms with Gasteiger partial charge in [0.1, 0.15) is 5.75 Å². The predicted octanol–water partition coefficient (Wildman–Crippen LogP) is 4.93. The molecule has 0 unspecified atom stereocenters. The first-order valence-corrected chi connectivity index (χ1v) is 11.2. The van der Waals surface area contributed by atoms with E-state index in [1.807, 2.05) is 11.0 Å². The molecule has 2 aromatic heterocycles. The number of nitrogens with one attached hydrogen (secondary N) is 2. The number of carbonyl (C=O) groups is 1. The van der Waals surface area contributed by atoms with Crippen LogP contribution in [-0.2, 0) is 12.7 Å². The van der Waals surface area contributed by atoms with Crippen molar-refractivity contribution in [3.8, 4) is 5.75 Å². The van der Waals surface area contributed by atoms with Crippen LogP contribution in [0.15, 0.2) is 53.2 Å². The lowest BCUT2D eigenvalue weighted by Crippen LogP contribution is -2.50. The number of methoxy groups -OCH3 is 1. The van der Waals surface area contributed by atoms with Crippen LogP contribution >= 0.6 is 11.6 Å². The van der Waals surface area contributed by atoms with Crippen molar-refractivity contribution in [2.24, 2.45) is 0 Å². The first-order valence-electron chi connectivity index (χ1n) is 10.8. The highest BCUT2D eigenvalue weighted by Crippen LogP contribution is 2.31. The number of halogens is 4. The molecule has 2 N–H and O–H groups in total. The average Bonchev–Trinajstić information content (AvgIpc) is 3.31. The number of urea groups is 1. The van der Waals surface area contributed by atoms with E-state index in [0.717, 1.165) is 11.8 Å². The minimum absolute atomic E-state index is 0.177. The van der Waals surface area contributed by atoms with Crippen LogP contribution in [-0.4, -0.2) is 47.3 Å². The van der Waals surface area contributed by atoms with Crippen molar-refractivity contribution in [3.63, 3.8) is 0 Å². The molecule has 2 atom stereocenters. The Balaban J connectivity index is 1.47. The van der Waals surface area contributed by atoms with Gasteiger partial charge >= 0.3 is 12.2 Å². The second-order valence-corrected chi connectivity index (χ2v) is 8.58. The summed E-state index contributed by atoms with van der Waals surface area (Å²) in [7, 11) is 1.54. The van der Waals surface area contributed by atoms with Crippen LogP contribution in [0.25, 0.3) is 0 Å². The van der Waals surface area contributed by atoms with Gasteiger partial charge in [0.25, 0.3) is 0 Å². The minimum Gasteiger partial charge on any atom is -0.495 e. The third-order valence-electron chi connectivity index (χ3n) is 5.71. The van der Waals surface area contributed by atoms with E-state index in [-0.39, 0.29) is 30.2 Å². The maximum Gasteiger partial charge on any atom is 0.452 e. The van der Waals surface area contributed by atoms with Crippen LogP contribution in [0.3, 0.4) is 0 Å². The lowest BCUT2D eigenvalue weighted by Gasteiger charge is -2.38. The minimum atomic E-state index is -4.59. The molecule has 8 nitrogen and oxygen atoms in total. The molecule has 1 fully saturated rings. The number of rotatable bonds is 6. The number of pyridine rings is 1. The van der Waals surface area contributed by atoms with Crippen LogP contribution < -0.4 is 15.4 Å². The number of amides is 2. The molecule has 0 spiro atoms. The van der Waals surface area contributed by atoms with Gasteiger partial charge in [0.15, 0.2) is 0 Å². The normalized spacial score (nSPS) is 18.8. The van der Waals surface area contributed by atoms with Crippen molar-refractivity contribution in [2.45, 2.75) is 31.1 Å². The molecule has 1 aliphatic rings. The zero-order valence-electron chi connectivity index (χ0n) is 18.7. The third-order valence-corrected chi connectivity index (χ3v) is 5.97. The summed E-state index contributed by atoms with van der Waals surface area (Å²) >= 11 is 5.89. The predicted molar refractivity (Wildman–Crippen MR) is 122 cm³/mol. The van der Waals surface area contributed by atoms with E-state index >= 15 is 0 Å². The Kier molecular flexibility index (Phi) is 7.46. The fourth-order valence-electron chi connectivity index (χ4n) is 3.99. The van der Waals surface area contributed by atoms with Crippen LogP contribution in [0.5, 0.6) is 5.75 Å². The summed E-state index contributed by atoms with van der Waals surface area (Å²) in [6.07, 6.45) is -2.45. The van der Waals surface area contributed by atoms with Gasteiger partial charge < -0.3 is 19.9 Å². The molecule has 35 heavy (non-hydrogen) atoms.